The molecule has 1 N–H and O–H groups in total. The lowest BCUT2D eigenvalue weighted by Gasteiger charge is -2.43. The summed E-state index contributed by atoms with van der Waals surface area (Å²) >= 11 is 0. The van der Waals surface area contributed by atoms with Gasteiger partial charge in [0.1, 0.15) is 17.3 Å². The van der Waals surface area contributed by atoms with Gasteiger partial charge in [0.15, 0.2) is 0 Å². The van der Waals surface area contributed by atoms with Crippen molar-refractivity contribution in [2.45, 2.75) is 64.3 Å². The van der Waals surface area contributed by atoms with Crippen molar-refractivity contribution in [1.29, 1.82) is 0 Å². The third-order valence-corrected chi connectivity index (χ3v) is 5.99. The molecule has 1 unspecified atom stereocenters. The van der Waals surface area contributed by atoms with Gasteiger partial charge in [0.25, 0.3) is 0 Å². The van der Waals surface area contributed by atoms with Crippen LogP contribution in [0.2, 0.25) is 0 Å². The maximum atomic E-state index is 12.0. The Bertz CT molecular complexity index is 553. The summed E-state index contributed by atoms with van der Waals surface area (Å²) in [5, 5.41) is 11.5. The predicted octanol–water partition coefficient (Wildman–Crippen LogP) is 1.98. The average molecular weight is 308 g/mol. The molecule has 6 atom stereocenters. The van der Waals surface area contributed by atoms with Gasteiger partial charge in [0, 0.05) is 18.8 Å². The van der Waals surface area contributed by atoms with Crippen LogP contribution in [0.3, 0.4) is 0 Å². The van der Waals surface area contributed by atoms with E-state index in [-0.39, 0.29) is 29.7 Å². The smallest absolute Gasteiger partial charge is 0.309 e. The van der Waals surface area contributed by atoms with Crippen LogP contribution in [0.25, 0.3) is 0 Å². The lowest BCUT2D eigenvalue weighted by Crippen LogP contribution is -2.56. The van der Waals surface area contributed by atoms with Crippen LogP contribution < -0.4 is 0 Å². The quantitative estimate of drug-likeness (QED) is 0.592. The first-order valence-electron chi connectivity index (χ1n) is 8.00. The molecule has 1 saturated heterocycles. The highest BCUT2D eigenvalue weighted by molar-refractivity contribution is 5.75. The minimum atomic E-state index is -1.24. The number of esters is 2. The van der Waals surface area contributed by atoms with Gasteiger partial charge in [0.2, 0.25) is 0 Å². The molecule has 3 rings (SSSR count). The zero-order valence-corrected chi connectivity index (χ0v) is 13.6. The molecule has 5 nitrogen and oxygen atoms in total. The Morgan fingerprint density at radius 3 is 2.82 bits per heavy atom. The van der Waals surface area contributed by atoms with E-state index >= 15 is 0 Å². The molecule has 3 aliphatic rings. The van der Waals surface area contributed by atoms with Crippen molar-refractivity contribution in [2.24, 2.45) is 17.8 Å². The Kier molecular flexibility index (Phi) is 3.40. The molecule has 0 aromatic rings. The zero-order valence-electron chi connectivity index (χ0n) is 13.6. The summed E-state index contributed by atoms with van der Waals surface area (Å²) in [7, 11) is 0. The van der Waals surface area contributed by atoms with Gasteiger partial charge < -0.3 is 14.6 Å². The van der Waals surface area contributed by atoms with Crippen LogP contribution in [0.1, 0.15) is 47.0 Å². The average Bonchev–Trinajstić information content (AvgIpc) is 2.85. The Morgan fingerprint density at radius 1 is 1.50 bits per heavy atom. The van der Waals surface area contributed by atoms with Gasteiger partial charge in [0.05, 0.1) is 5.92 Å². The number of hydrogen-bond acceptors (Lipinski definition) is 5. The van der Waals surface area contributed by atoms with Crippen LogP contribution >= 0.6 is 0 Å². The molecule has 2 fully saturated rings. The molecule has 0 radical (unpaired) electrons. The van der Waals surface area contributed by atoms with Crippen molar-refractivity contribution in [3.8, 4) is 0 Å². The summed E-state index contributed by atoms with van der Waals surface area (Å²) in [4.78, 5) is 23.6. The summed E-state index contributed by atoms with van der Waals surface area (Å²) in [6.45, 7) is 7.01. The Morgan fingerprint density at radius 2 is 2.18 bits per heavy atom. The fraction of sp³-hybridized carbons (Fsp3) is 0.765. The molecular formula is C17H24O5. The van der Waals surface area contributed by atoms with Crippen molar-refractivity contribution in [3.63, 3.8) is 0 Å². The van der Waals surface area contributed by atoms with Crippen LogP contribution in [0.4, 0.5) is 0 Å². The standard InChI is InChI=1S/C17H24O5/c1-9-5-6-13-16(4,22-11(3)18)8-7-12-10(2)15(19)21-14(12)17(9,13)20/h5,10,12-14,20H,6-8H2,1-4H3/t10-,12-,13?,14-,16+,17+/m0/s1. The summed E-state index contributed by atoms with van der Waals surface area (Å²) in [5.74, 6) is -1.14. The van der Waals surface area contributed by atoms with Gasteiger partial charge in [-0.25, -0.2) is 0 Å². The molecule has 1 aliphatic heterocycles. The van der Waals surface area contributed by atoms with Gasteiger partial charge in [-0.1, -0.05) is 13.0 Å². The largest absolute Gasteiger partial charge is 0.459 e. The Balaban J connectivity index is 2.06. The van der Waals surface area contributed by atoms with E-state index in [1.807, 2.05) is 26.8 Å². The van der Waals surface area contributed by atoms with Crippen molar-refractivity contribution in [2.75, 3.05) is 0 Å². The highest BCUT2D eigenvalue weighted by atomic mass is 16.6. The van der Waals surface area contributed by atoms with Gasteiger partial charge in [-0.05, 0) is 38.7 Å². The molecule has 1 saturated carbocycles. The first-order valence-corrected chi connectivity index (χ1v) is 8.00. The number of carbonyl (C=O) groups excluding carboxylic acids is 2. The molecule has 1 heterocycles. The minimum Gasteiger partial charge on any atom is -0.459 e. The Labute approximate surface area is 130 Å². The van der Waals surface area contributed by atoms with E-state index in [9.17, 15) is 14.7 Å². The van der Waals surface area contributed by atoms with Crippen molar-refractivity contribution in [3.05, 3.63) is 11.6 Å². The number of ether oxygens (including phenoxy) is 2. The first kappa shape index (κ1) is 15.5. The number of fused-ring (bicyclic) bond motifs is 3. The SMILES string of the molecule is CC(=O)O[C@]1(C)CC[C@H]2[C@H](C)C(=O)O[C@@H]2[C@@]2(O)C(C)=CCC12. The normalized spacial score (nSPS) is 47.1. The fourth-order valence-electron chi connectivity index (χ4n) is 4.70. The predicted molar refractivity (Wildman–Crippen MR) is 78.8 cm³/mol. The molecule has 2 aliphatic carbocycles. The van der Waals surface area contributed by atoms with Crippen LogP contribution in [0.15, 0.2) is 11.6 Å². The molecule has 0 spiro atoms. The van der Waals surface area contributed by atoms with E-state index in [1.165, 1.54) is 6.92 Å². The van der Waals surface area contributed by atoms with Crippen LogP contribution in [0, 0.1) is 17.8 Å². The molecule has 22 heavy (non-hydrogen) atoms. The van der Waals surface area contributed by atoms with E-state index in [4.69, 9.17) is 9.47 Å². The molecule has 0 bridgehead atoms. The second-order valence-electron chi connectivity index (χ2n) is 7.26. The number of hydrogen-bond donors (Lipinski definition) is 1. The fourth-order valence-corrected chi connectivity index (χ4v) is 4.70. The molecule has 5 heteroatoms. The van der Waals surface area contributed by atoms with Gasteiger partial charge in [-0.2, -0.15) is 0 Å². The summed E-state index contributed by atoms with van der Waals surface area (Å²) in [6, 6.07) is 0. The van der Waals surface area contributed by atoms with Crippen molar-refractivity contribution in [1.82, 2.24) is 0 Å². The molecule has 0 aromatic carbocycles. The minimum absolute atomic E-state index is 0.0427. The van der Waals surface area contributed by atoms with E-state index in [0.717, 1.165) is 5.57 Å². The van der Waals surface area contributed by atoms with Crippen LogP contribution in [0.5, 0.6) is 0 Å². The number of aliphatic hydroxyl groups is 1. The maximum absolute atomic E-state index is 12.0. The lowest BCUT2D eigenvalue weighted by molar-refractivity contribution is -0.183. The molecule has 122 valence electrons. The number of rotatable bonds is 1. The van der Waals surface area contributed by atoms with Crippen LogP contribution in [-0.4, -0.2) is 34.4 Å². The van der Waals surface area contributed by atoms with E-state index in [2.05, 4.69) is 0 Å². The number of allylic oxidation sites excluding steroid dienone is 1. The zero-order chi connectivity index (χ0) is 16.3. The highest BCUT2D eigenvalue weighted by Gasteiger charge is 2.64. The highest BCUT2D eigenvalue weighted by Crippen LogP contribution is 2.55. The van der Waals surface area contributed by atoms with Crippen molar-refractivity contribution < 1.29 is 24.2 Å². The molecule has 0 aromatic heterocycles. The summed E-state index contributed by atoms with van der Waals surface area (Å²) in [5.41, 5.74) is -1.17. The maximum Gasteiger partial charge on any atom is 0.309 e. The summed E-state index contributed by atoms with van der Waals surface area (Å²) in [6.07, 6.45) is 3.39. The Hall–Kier alpha value is -1.36. The topological polar surface area (TPSA) is 72.8 Å². The lowest BCUT2D eigenvalue weighted by atomic mass is 9.72. The monoisotopic (exact) mass is 308 g/mol. The van der Waals surface area contributed by atoms with E-state index < -0.39 is 17.3 Å². The third-order valence-electron chi connectivity index (χ3n) is 5.99. The van der Waals surface area contributed by atoms with Crippen molar-refractivity contribution >= 4 is 11.9 Å². The first-order chi connectivity index (χ1) is 10.2. The molecule has 0 amide bonds. The van der Waals surface area contributed by atoms with E-state index in [1.54, 1.807) is 0 Å². The molecular weight excluding hydrogens is 284 g/mol. The number of carbonyl (C=O) groups is 2. The van der Waals surface area contributed by atoms with Gasteiger partial charge in [-0.3, -0.25) is 9.59 Å². The third kappa shape index (κ3) is 1.94. The van der Waals surface area contributed by atoms with E-state index in [0.29, 0.717) is 19.3 Å². The van der Waals surface area contributed by atoms with Gasteiger partial charge >= 0.3 is 11.9 Å². The second kappa shape index (κ2) is 4.82. The van der Waals surface area contributed by atoms with Gasteiger partial charge in [-0.15, -0.1) is 0 Å². The second-order valence-corrected chi connectivity index (χ2v) is 7.26. The summed E-state index contributed by atoms with van der Waals surface area (Å²) < 4.78 is 11.2. The van der Waals surface area contributed by atoms with Crippen LogP contribution in [-0.2, 0) is 19.1 Å².